The van der Waals surface area contributed by atoms with E-state index in [2.05, 4.69) is 31.3 Å². The Morgan fingerprint density at radius 1 is 0.786 bits per heavy atom. The molecule has 0 saturated carbocycles. The fourth-order valence-corrected chi connectivity index (χ4v) is 2.34. The summed E-state index contributed by atoms with van der Waals surface area (Å²) in [5, 5.41) is 2.80. The molecule has 0 saturated heterocycles. The number of benzene rings is 2. The zero-order chi connectivity index (χ0) is 22.8. The lowest BCUT2D eigenvalue weighted by Crippen LogP contribution is -2.06. The van der Waals surface area contributed by atoms with E-state index >= 15 is 0 Å². The highest BCUT2D eigenvalue weighted by atomic mass is 32.2. The second kappa shape index (κ2) is 30.0. The average molecular weight is 408 g/mol. The molecule has 2 nitrogen and oxygen atoms in total. The zero-order valence-electron chi connectivity index (χ0n) is 20.2. The van der Waals surface area contributed by atoms with Crippen molar-refractivity contribution in [2.24, 2.45) is 0 Å². The van der Waals surface area contributed by atoms with E-state index in [9.17, 15) is 4.79 Å². The van der Waals surface area contributed by atoms with E-state index < -0.39 is 0 Å². The molecule has 3 heteroatoms. The summed E-state index contributed by atoms with van der Waals surface area (Å²) in [5.74, 6) is 0.987. The maximum absolute atomic E-state index is 10.8. The Labute approximate surface area is 180 Å². The molecule has 0 aliphatic carbocycles. The van der Waals surface area contributed by atoms with Crippen molar-refractivity contribution in [3.05, 3.63) is 60.2 Å². The Balaban J connectivity index is -0.000000162. The van der Waals surface area contributed by atoms with Crippen molar-refractivity contribution in [3.63, 3.8) is 0 Å². The Morgan fingerprint density at radius 2 is 1.21 bits per heavy atom. The van der Waals surface area contributed by atoms with Gasteiger partial charge in [0.25, 0.3) is 0 Å². The molecule has 0 aliphatic rings. The summed E-state index contributed by atoms with van der Waals surface area (Å²) in [4.78, 5) is 12.0. The minimum atomic E-state index is -0.0239. The Hall–Kier alpha value is -1.74. The van der Waals surface area contributed by atoms with Gasteiger partial charge in [0, 0.05) is 11.8 Å². The second-order valence-corrected chi connectivity index (χ2v) is 5.57. The number of hydrogen-bond donors (Lipinski definition) is 1. The van der Waals surface area contributed by atoms with Crippen molar-refractivity contribution in [1.82, 2.24) is 0 Å². The zero-order valence-corrected chi connectivity index (χ0v) is 21.0. The summed E-state index contributed by atoms with van der Waals surface area (Å²) in [7, 11) is 0. The second-order valence-electron chi connectivity index (χ2n) is 4.27. The van der Waals surface area contributed by atoms with Crippen LogP contribution in [0.4, 0.5) is 5.69 Å². The van der Waals surface area contributed by atoms with E-state index in [1.165, 1.54) is 12.5 Å². The van der Waals surface area contributed by atoms with E-state index in [0.29, 0.717) is 0 Å². The van der Waals surface area contributed by atoms with Crippen LogP contribution in [-0.2, 0) is 4.79 Å². The van der Waals surface area contributed by atoms with Crippen LogP contribution < -0.4 is 5.32 Å². The smallest absolute Gasteiger partial charge is 0.221 e. The van der Waals surface area contributed by atoms with E-state index in [4.69, 9.17) is 0 Å². The fourth-order valence-electron chi connectivity index (χ4n) is 1.58. The molecule has 0 radical (unpaired) electrons. The van der Waals surface area contributed by atoms with E-state index in [1.807, 2.05) is 97.9 Å². The van der Waals surface area contributed by atoms with Crippen LogP contribution in [0, 0.1) is 6.92 Å². The third-order valence-corrected chi connectivity index (χ3v) is 3.39. The van der Waals surface area contributed by atoms with Crippen LogP contribution in [0.3, 0.4) is 0 Å². The van der Waals surface area contributed by atoms with E-state index in [-0.39, 0.29) is 5.91 Å². The molecule has 1 amide bonds. The quantitative estimate of drug-likeness (QED) is 0.515. The molecule has 2 aromatic rings. The van der Waals surface area contributed by atoms with Gasteiger partial charge in [-0.2, -0.15) is 0 Å². The van der Waals surface area contributed by atoms with E-state index in [1.54, 1.807) is 11.8 Å². The van der Waals surface area contributed by atoms with Crippen molar-refractivity contribution in [3.8, 4) is 0 Å². The van der Waals surface area contributed by atoms with Gasteiger partial charge >= 0.3 is 0 Å². The summed E-state index contributed by atoms with van der Waals surface area (Å²) in [6.45, 7) is 21.7. The molecule has 2 rings (SSSR count). The predicted molar refractivity (Wildman–Crippen MR) is 134 cm³/mol. The lowest BCUT2D eigenvalue weighted by molar-refractivity contribution is -0.114. The SMILES string of the molecule is CC.CC.CC.CC.CCSc1ccccc1NC(C)=O.Cc1ccccc1. The first-order valence-corrected chi connectivity index (χ1v) is 11.6. The topological polar surface area (TPSA) is 29.1 Å². The van der Waals surface area contributed by atoms with Gasteiger partial charge in [0.05, 0.1) is 5.69 Å². The molecule has 0 aliphatic heterocycles. The molecule has 0 spiro atoms. The van der Waals surface area contributed by atoms with Gasteiger partial charge in [0.2, 0.25) is 5.91 Å². The highest BCUT2D eigenvalue weighted by Gasteiger charge is 2.01. The first kappa shape index (κ1) is 33.8. The third-order valence-electron chi connectivity index (χ3n) is 2.44. The van der Waals surface area contributed by atoms with Crippen LogP contribution in [0.2, 0.25) is 0 Å². The molecule has 0 fully saturated rings. The molecule has 1 N–H and O–H groups in total. The molecule has 0 atom stereocenters. The van der Waals surface area contributed by atoms with Gasteiger partial charge in [0.1, 0.15) is 0 Å². The number of nitrogens with one attached hydrogen (secondary N) is 1. The number of carbonyl (C=O) groups is 1. The number of hydrogen-bond acceptors (Lipinski definition) is 2. The van der Waals surface area contributed by atoms with Crippen LogP contribution in [0.1, 0.15) is 74.8 Å². The first-order valence-electron chi connectivity index (χ1n) is 10.6. The number of rotatable bonds is 3. The lowest BCUT2D eigenvalue weighted by atomic mass is 10.2. The van der Waals surface area contributed by atoms with Crippen LogP contribution in [0.15, 0.2) is 59.5 Å². The molecule has 0 bridgehead atoms. The van der Waals surface area contributed by atoms with Crippen molar-refractivity contribution < 1.29 is 4.79 Å². The van der Waals surface area contributed by atoms with Gasteiger partial charge in [-0.05, 0) is 24.8 Å². The van der Waals surface area contributed by atoms with Gasteiger partial charge < -0.3 is 5.32 Å². The predicted octanol–water partition coefficient (Wildman–Crippen LogP) is 8.86. The summed E-state index contributed by atoms with van der Waals surface area (Å²) >= 11 is 1.73. The molecule has 28 heavy (non-hydrogen) atoms. The standard InChI is InChI=1S/C10H13NOS.C7H8.4C2H6/c1-3-13-10-7-5-4-6-9(10)11-8(2)12;1-7-5-3-2-4-6-7;4*1-2/h4-7H,3H2,1-2H3,(H,11,12);2-6H,1H3;4*1-2H3. The number of carbonyl (C=O) groups excluding carboxylic acids is 1. The summed E-state index contributed by atoms with van der Waals surface area (Å²) in [5.41, 5.74) is 2.23. The monoisotopic (exact) mass is 407 g/mol. The molecule has 0 unspecified atom stereocenters. The minimum Gasteiger partial charge on any atom is -0.325 e. The summed E-state index contributed by atoms with van der Waals surface area (Å²) in [6, 6.07) is 18.1. The number of aryl methyl sites for hydroxylation is 1. The minimum absolute atomic E-state index is 0.0239. The highest BCUT2D eigenvalue weighted by molar-refractivity contribution is 7.99. The van der Waals surface area contributed by atoms with Crippen LogP contribution in [-0.4, -0.2) is 11.7 Å². The number of para-hydroxylation sites is 1. The molecular weight excluding hydrogens is 362 g/mol. The maximum atomic E-state index is 10.8. The van der Waals surface area contributed by atoms with Crippen molar-refractivity contribution >= 4 is 23.4 Å². The van der Waals surface area contributed by atoms with Gasteiger partial charge in [-0.1, -0.05) is 110 Å². The molecule has 162 valence electrons. The molecule has 0 aromatic heterocycles. The van der Waals surface area contributed by atoms with Crippen molar-refractivity contribution in [1.29, 1.82) is 0 Å². The highest BCUT2D eigenvalue weighted by Crippen LogP contribution is 2.26. The largest absolute Gasteiger partial charge is 0.325 e. The normalized spacial score (nSPS) is 7.54. The Kier molecular flexibility index (Phi) is 36.2. The van der Waals surface area contributed by atoms with Gasteiger partial charge in [-0.15, -0.1) is 11.8 Å². The molecular formula is C25H45NOS. The van der Waals surface area contributed by atoms with Crippen LogP contribution in [0.5, 0.6) is 0 Å². The van der Waals surface area contributed by atoms with Crippen molar-refractivity contribution in [2.75, 3.05) is 11.1 Å². The van der Waals surface area contributed by atoms with E-state index in [0.717, 1.165) is 16.3 Å². The fraction of sp³-hybridized carbons (Fsp3) is 0.480. The molecule has 2 aromatic carbocycles. The van der Waals surface area contributed by atoms with Gasteiger partial charge in [-0.25, -0.2) is 0 Å². The third kappa shape index (κ3) is 22.3. The number of amides is 1. The maximum Gasteiger partial charge on any atom is 0.221 e. The lowest BCUT2D eigenvalue weighted by Gasteiger charge is -2.07. The average Bonchev–Trinajstić information content (AvgIpc) is 2.76. The van der Waals surface area contributed by atoms with Crippen molar-refractivity contribution in [2.45, 2.75) is 81.1 Å². The first-order chi connectivity index (χ1) is 13.6. The number of anilines is 1. The Morgan fingerprint density at radius 3 is 1.57 bits per heavy atom. The number of thioether (sulfide) groups is 1. The van der Waals surface area contributed by atoms with Gasteiger partial charge in [0.15, 0.2) is 0 Å². The van der Waals surface area contributed by atoms with Gasteiger partial charge in [-0.3, -0.25) is 4.79 Å². The van der Waals surface area contributed by atoms with Crippen LogP contribution >= 0.6 is 11.8 Å². The Bertz CT molecular complexity index is 527. The van der Waals surface area contributed by atoms with Crippen LogP contribution in [0.25, 0.3) is 0 Å². The molecule has 0 heterocycles. The summed E-state index contributed by atoms with van der Waals surface area (Å²) in [6.07, 6.45) is 0. The summed E-state index contributed by atoms with van der Waals surface area (Å²) < 4.78 is 0.